The van der Waals surface area contributed by atoms with E-state index in [9.17, 15) is 13.2 Å². The van der Waals surface area contributed by atoms with Crippen molar-refractivity contribution in [3.05, 3.63) is 52.1 Å². The number of aromatic nitrogens is 3. The third kappa shape index (κ3) is 4.13. The fourth-order valence-corrected chi connectivity index (χ4v) is 4.06. The number of hydrogen-bond donors (Lipinski definition) is 1. The van der Waals surface area contributed by atoms with Crippen molar-refractivity contribution in [2.75, 3.05) is 31.1 Å². The van der Waals surface area contributed by atoms with E-state index in [0.717, 1.165) is 29.9 Å². The molecular weight excluding hydrogens is 407 g/mol. The van der Waals surface area contributed by atoms with Gasteiger partial charge in [-0.15, -0.1) is 11.3 Å². The van der Waals surface area contributed by atoms with E-state index in [2.05, 4.69) is 15.0 Å². The molecule has 0 unspecified atom stereocenters. The second-order valence-corrected chi connectivity index (χ2v) is 7.87. The number of hydrogen-bond acceptors (Lipinski definition) is 5. The van der Waals surface area contributed by atoms with E-state index >= 15 is 0 Å². The van der Waals surface area contributed by atoms with Crippen LogP contribution in [0.3, 0.4) is 0 Å². The smallest absolute Gasteiger partial charge is 0.369 e. The van der Waals surface area contributed by atoms with E-state index in [0.29, 0.717) is 30.2 Å². The summed E-state index contributed by atoms with van der Waals surface area (Å²) in [6, 6.07) is 9.45. The minimum Gasteiger partial charge on any atom is -0.369 e. The minimum atomic E-state index is -4.32. The Morgan fingerprint density at radius 2 is 1.89 bits per heavy atom. The molecule has 10 heteroatoms. The molecule has 0 amide bonds. The van der Waals surface area contributed by atoms with Crippen molar-refractivity contribution in [1.82, 2.24) is 19.7 Å². The number of benzene rings is 1. The Morgan fingerprint density at radius 3 is 2.57 bits per heavy atom. The number of piperazine rings is 1. The summed E-state index contributed by atoms with van der Waals surface area (Å²) in [5, 5.41) is 5.21. The van der Waals surface area contributed by atoms with Gasteiger partial charge >= 0.3 is 6.18 Å². The van der Waals surface area contributed by atoms with Crippen LogP contribution in [0.15, 0.2) is 41.8 Å². The van der Waals surface area contributed by atoms with Crippen molar-refractivity contribution < 1.29 is 13.2 Å². The zero-order valence-corrected chi connectivity index (χ0v) is 16.4. The second-order valence-electron chi connectivity index (χ2n) is 6.55. The molecule has 3 aromatic rings. The first-order valence-corrected chi connectivity index (χ1v) is 10.0. The quantitative estimate of drug-likeness (QED) is 0.627. The van der Waals surface area contributed by atoms with Gasteiger partial charge in [0.1, 0.15) is 0 Å². The van der Waals surface area contributed by atoms with E-state index in [4.69, 9.17) is 12.2 Å². The largest absolute Gasteiger partial charge is 0.416 e. The first-order valence-electron chi connectivity index (χ1n) is 8.75. The normalized spacial score (nSPS) is 15.9. The van der Waals surface area contributed by atoms with E-state index in [1.54, 1.807) is 17.4 Å². The number of halogens is 3. The van der Waals surface area contributed by atoms with Gasteiger partial charge in [-0.2, -0.15) is 18.2 Å². The van der Waals surface area contributed by atoms with Gasteiger partial charge in [0.2, 0.25) is 4.77 Å². The van der Waals surface area contributed by atoms with Gasteiger partial charge in [0.25, 0.3) is 0 Å². The van der Waals surface area contributed by atoms with Gasteiger partial charge in [0.15, 0.2) is 5.82 Å². The number of rotatable bonds is 4. The fourth-order valence-electron chi connectivity index (χ4n) is 3.20. The summed E-state index contributed by atoms with van der Waals surface area (Å²) in [5.41, 5.74) is -0.00934. The molecule has 1 N–H and O–H groups in total. The van der Waals surface area contributed by atoms with E-state index < -0.39 is 11.7 Å². The summed E-state index contributed by atoms with van der Waals surface area (Å²) in [6.07, 6.45) is -4.32. The van der Waals surface area contributed by atoms with Gasteiger partial charge in [0, 0.05) is 31.9 Å². The number of thiophene rings is 1. The fraction of sp³-hybridized carbons (Fsp3) is 0.333. The highest BCUT2D eigenvalue weighted by Gasteiger charge is 2.31. The first-order chi connectivity index (χ1) is 13.4. The maximum absolute atomic E-state index is 12.9. The second kappa shape index (κ2) is 7.69. The average molecular weight is 426 g/mol. The molecule has 0 radical (unpaired) electrons. The molecule has 5 nitrogen and oxygen atoms in total. The summed E-state index contributed by atoms with van der Waals surface area (Å²) in [5.74, 6) is 0.752. The Kier molecular flexibility index (Phi) is 5.26. The molecule has 4 rings (SSSR count). The number of aromatic amines is 1. The highest BCUT2D eigenvalue weighted by Crippen LogP contribution is 2.32. The summed E-state index contributed by atoms with van der Waals surface area (Å²) >= 11 is 6.94. The maximum Gasteiger partial charge on any atom is 0.416 e. The van der Waals surface area contributed by atoms with E-state index in [1.807, 2.05) is 27.1 Å². The lowest BCUT2D eigenvalue weighted by molar-refractivity contribution is -0.137. The van der Waals surface area contributed by atoms with Crippen LogP contribution in [0.4, 0.5) is 18.9 Å². The van der Waals surface area contributed by atoms with Crippen molar-refractivity contribution in [1.29, 1.82) is 0 Å². The molecule has 0 aliphatic carbocycles. The molecule has 0 saturated carbocycles. The summed E-state index contributed by atoms with van der Waals surface area (Å²) in [6.45, 7) is 3.34. The van der Waals surface area contributed by atoms with Gasteiger partial charge in [-0.05, 0) is 41.9 Å². The van der Waals surface area contributed by atoms with Crippen LogP contribution in [0.1, 0.15) is 5.56 Å². The molecule has 28 heavy (non-hydrogen) atoms. The number of nitrogens with one attached hydrogen (secondary N) is 1. The van der Waals surface area contributed by atoms with Gasteiger partial charge in [-0.25, -0.2) is 4.68 Å². The van der Waals surface area contributed by atoms with Crippen LogP contribution >= 0.6 is 23.6 Å². The topological polar surface area (TPSA) is 40.1 Å². The van der Waals surface area contributed by atoms with Gasteiger partial charge < -0.3 is 4.90 Å². The van der Waals surface area contributed by atoms with E-state index in [1.165, 1.54) is 12.1 Å². The third-order valence-electron chi connectivity index (χ3n) is 4.69. The molecule has 1 aliphatic heterocycles. The van der Waals surface area contributed by atoms with Crippen molar-refractivity contribution >= 4 is 29.2 Å². The predicted molar refractivity (Wildman–Crippen MR) is 106 cm³/mol. The SMILES string of the molecule is FC(F)(F)c1cccc(N2CCN(Cn3[nH]c(-c4cccs4)nc3=S)CC2)c1. The monoisotopic (exact) mass is 425 g/mol. The molecule has 148 valence electrons. The molecule has 3 heterocycles. The van der Waals surface area contributed by atoms with Crippen LogP contribution in [-0.4, -0.2) is 45.8 Å². The molecule has 1 aliphatic rings. The zero-order chi connectivity index (χ0) is 19.7. The van der Waals surface area contributed by atoms with Crippen LogP contribution in [-0.2, 0) is 12.8 Å². The minimum absolute atomic E-state index is 0.490. The maximum atomic E-state index is 12.9. The molecule has 1 saturated heterocycles. The zero-order valence-electron chi connectivity index (χ0n) is 14.8. The molecule has 0 spiro atoms. The van der Waals surface area contributed by atoms with Crippen LogP contribution < -0.4 is 4.90 Å². The lowest BCUT2D eigenvalue weighted by Crippen LogP contribution is -2.47. The van der Waals surface area contributed by atoms with Crippen LogP contribution in [0.5, 0.6) is 0 Å². The lowest BCUT2D eigenvalue weighted by Gasteiger charge is -2.36. The summed E-state index contributed by atoms with van der Waals surface area (Å²) in [7, 11) is 0. The standard InChI is InChI=1S/C18H18F3N5S2/c19-18(20,21)13-3-1-4-14(11-13)25-8-6-24(7-9-25)12-26-17(27)22-16(23-26)15-5-2-10-28-15/h1-5,10-11H,6-9,12H2,(H,22,23,27). The molecule has 0 bridgehead atoms. The van der Waals surface area contributed by atoms with Gasteiger partial charge in [-0.1, -0.05) is 12.1 Å². The molecular formula is C18H18F3N5S2. The number of H-pyrrole nitrogens is 1. The Bertz CT molecular complexity index is 985. The number of nitrogens with zero attached hydrogens (tertiary/aromatic N) is 4. The summed E-state index contributed by atoms with van der Waals surface area (Å²) < 4.78 is 41.1. The highest BCUT2D eigenvalue weighted by atomic mass is 32.1. The predicted octanol–water partition coefficient (Wildman–Crippen LogP) is 4.47. The molecule has 1 fully saturated rings. The molecule has 1 aromatic carbocycles. The van der Waals surface area contributed by atoms with Crippen LogP contribution in [0, 0.1) is 4.77 Å². The Balaban J connectivity index is 1.39. The number of alkyl halides is 3. The Morgan fingerprint density at radius 1 is 1.11 bits per heavy atom. The highest BCUT2D eigenvalue weighted by molar-refractivity contribution is 7.71. The average Bonchev–Trinajstić information content (AvgIpc) is 3.32. The Labute approximate surface area is 169 Å². The first kappa shape index (κ1) is 19.2. The molecule has 2 aromatic heterocycles. The molecule has 0 atom stereocenters. The van der Waals surface area contributed by atoms with Gasteiger partial charge in [0.05, 0.1) is 17.1 Å². The number of anilines is 1. The van der Waals surface area contributed by atoms with Crippen molar-refractivity contribution in [3.63, 3.8) is 0 Å². The lowest BCUT2D eigenvalue weighted by atomic mass is 10.1. The van der Waals surface area contributed by atoms with Crippen LogP contribution in [0.25, 0.3) is 10.7 Å². The Hall–Kier alpha value is -2.17. The van der Waals surface area contributed by atoms with Gasteiger partial charge in [-0.3, -0.25) is 10.00 Å². The van der Waals surface area contributed by atoms with Crippen molar-refractivity contribution in [3.8, 4) is 10.7 Å². The van der Waals surface area contributed by atoms with Crippen molar-refractivity contribution in [2.45, 2.75) is 12.8 Å². The van der Waals surface area contributed by atoms with Crippen molar-refractivity contribution in [2.24, 2.45) is 0 Å². The van der Waals surface area contributed by atoms with E-state index in [-0.39, 0.29) is 0 Å². The van der Waals surface area contributed by atoms with Crippen LogP contribution in [0.2, 0.25) is 0 Å². The third-order valence-corrected chi connectivity index (χ3v) is 5.87. The summed E-state index contributed by atoms with van der Waals surface area (Å²) in [4.78, 5) is 9.62.